The fraction of sp³-hybridized carbons (Fsp3) is 0.385. The first-order valence-electron chi connectivity index (χ1n) is 6.02. The van der Waals surface area contributed by atoms with Crippen LogP contribution >= 0.6 is 0 Å². The predicted molar refractivity (Wildman–Crippen MR) is 72.4 cm³/mol. The lowest BCUT2D eigenvalue weighted by Crippen LogP contribution is -2.30. The molecule has 0 saturated carbocycles. The van der Waals surface area contributed by atoms with Crippen LogP contribution in [0.4, 0.5) is 11.4 Å². The lowest BCUT2D eigenvalue weighted by molar-refractivity contribution is -0.384. The summed E-state index contributed by atoms with van der Waals surface area (Å²) in [4.78, 5) is 32.9. The Bertz CT molecular complexity index is 556. The first-order valence-corrected chi connectivity index (χ1v) is 6.02. The Morgan fingerprint density at radius 2 is 1.90 bits per heavy atom. The van der Waals surface area contributed by atoms with Crippen LogP contribution < -0.4 is 5.32 Å². The van der Waals surface area contributed by atoms with Gasteiger partial charge in [0.2, 0.25) is 5.91 Å². The summed E-state index contributed by atoms with van der Waals surface area (Å²) in [7, 11) is 0. The number of nitrogens with one attached hydrogen (secondary N) is 1. The Hall–Kier alpha value is -2.44. The van der Waals surface area contributed by atoms with Crippen LogP contribution in [-0.2, 0) is 9.59 Å². The molecule has 0 fully saturated rings. The molecule has 7 heteroatoms. The maximum Gasteiger partial charge on any atom is 0.307 e. The Balaban J connectivity index is 2.93. The molecule has 2 atom stereocenters. The van der Waals surface area contributed by atoms with Crippen LogP contribution in [0.1, 0.15) is 19.4 Å². The van der Waals surface area contributed by atoms with E-state index in [2.05, 4.69) is 5.32 Å². The molecular weight excluding hydrogens is 264 g/mol. The Kier molecular flexibility index (Phi) is 4.79. The average molecular weight is 280 g/mol. The summed E-state index contributed by atoms with van der Waals surface area (Å²) >= 11 is 0. The number of aliphatic carboxylic acids is 1. The molecule has 0 radical (unpaired) electrons. The van der Waals surface area contributed by atoms with Gasteiger partial charge in [-0.25, -0.2) is 0 Å². The summed E-state index contributed by atoms with van der Waals surface area (Å²) in [6.07, 6.45) is 0. The van der Waals surface area contributed by atoms with E-state index in [1.165, 1.54) is 32.0 Å². The molecule has 0 saturated heterocycles. The molecule has 0 aromatic heterocycles. The minimum Gasteiger partial charge on any atom is -0.481 e. The molecule has 2 unspecified atom stereocenters. The third kappa shape index (κ3) is 3.53. The number of carboxylic acids is 1. The number of carbonyl (C=O) groups excluding carboxylic acids is 1. The number of aryl methyl sites for hydroxylation is 1. The van der Waals surface area contributed by atoms with Crippen molar-refractivity contribution in [3.8, 4) is 0 Å². The molecule has 7 nitrogen and oxygen atoms in total. The molecule has 1 aromatic rings. The van der Waals surface area contributed by atoms with Gasteiger partial charge in [0, 0.05) is 18.1 Å². The largest absolute Gasteiger partial charge is 0.481 e. The molecule has 1 aromatic carbocycles. The van der Waals surface area contributed by atoms with E-state index < -0.39 is 28.6 Å². The molecule has 0 aliphatic heterocycles. The van der Waals surface area contributed by atoms with Crippen molar-refractivity contribution in [1.29, 1.82) is 0 Å². The van der Waals surface area contributed by atoms with Gasteiger partial charge in [0.15, 0.2) is 0 Å². The van der Waals surface area contributed by atoms with Gasteiger partial charge in [0.05, 0.1) is 16.5 Å². The molecule has 1 amide bonds. The molecule has 0 aliphatic carbocycles. The van der Waals surface area contributed by atoms with Crippen molar-refractivity contribution in [2.24, 2.45) is 11.8 Å². The van der Waals surface area contributed by atoms with Crippen LogP contribution in [0.15, 0.2) is 18.2 Å². The maximum atomic E-state index is 11.9. The van der Waals surface area contributed by atoms with Crippen LogP contribution in [0.3, 0.4) is 0 Å². The molecule has 0 spiro atoms. The number of amides is 1. The highest BCUT2D eigenvalue weighted by Gasteiger charge is 2.26. The molecule has 0 bridgehead atoms. The number of nitro benzene ring substituents is 1. The summed E-state index contributed by atoms with van der Waals surface area (Å²) in [5.41, 5.74) is 0.845. The second-order valence-corrected chi connectivity index (χ2v) is 4.66. The second kappa shape index (κ2) is 6.14. The third-order valence-corrected chi connectivity index (χ3v) is 3.24. The molecule has 0 heterocycles. The fourth-order valence-electron chi connectivity index (χ4n) is 1.55. The van der Waals surface area contributed by atoms with Crippen molar-refractivity contribution < 1.29 is 19.6 Å². The van der Waals surface area contributed by atoms with Gasteiger partial charge in [-0.15, -0.1) is 0 Å². The Morgan fingerprint density at radius 1 is 1.30 bits per heavy atom. The van der Waals surface area contributed by atoms with Crippen LogP contribution in [0.5, 0.6) is 0 Å². The topological polar surface area (TPSA) is 110 Å². The molecule has 20 heavy (non-hydrogen) atoms. The molecule has 0 aliphatic rings. The number of hydrogen-bond donors (Lipinski definition) is 2. The van der Waals surface area contributed by atoms with E-state index in [0.717, 1.165) is 0 Å². The third-order valence-electron chi connectivity index (χ3n) is 3.24. The van der Waals surface area contributed by atoms with Gasteiger partial charge in [0.25, 0.3) is 5.69 Å². The Morgan fingerprint density at radius 3 is 2.40 bits per heavy atom. The average Bonchev–Trinajstić information content (AvgIpc) is 2.38. The van der Waals surface area contributed by atoms with Gasteiger partial charge in [-0.2, -0.15) is 0 Å². The van der Waals surface area contributed by atoms with E-state index >= 15 is 0 Å². The van der Waals surface area contributed by atoms with Crippen LogP contribution in [0.2, 0.25) is 0 Å². The zero-order valence-corrected chi connectivity index (χ0v) is 11.4. The van der Waals surface area contributed by atoms with Crippen LogP contribution in [0.25, 0.3) is 0 Å². The molecular formula is C13H16N2O5. The van der Waals surface area contributed by atoms with Crippen molar-refractivity contribution >= 4 is 23.3 Å². The van der Waals surface area contributed by atoms with Crippen molar-refractivity contribution in [3.63, 3.8) is 0 Å². The first kappa shape index (κ1) is 15.6. The van der Waals surface area contributed by atoms with Crippen LogP contribution in [0, 0.1) is 28.9 Å². The van der Waals surface area contributed by atoms with Gasteiger partial charge >= 0.3 is 5.97 Å². The maximum absolute atomic E-state index is 11.9. The highest BCUT2D eigenvalue weighted by molar-refractivity contribution is 5.95. The normalized spacial score (nSPS) is 13.3. The Labute approximate surface area is 115 Å². The van der Waals surface area contributed by atoms with Gasteiger partial charge in [-0.05, 0) is 12.5 Å². The van der Waals surface area contributed by atoms with E-state index in [-0.39, 0.29) is 5.69 Å². The van der Waals surface area contributed by atoms with E-state index in [0.29, 0.717) is 11.3 Å². The molecule has 108 valence electrons. The number of benzene rings is 1. The number of nitrogens with zero attached hydrogens (tertiary/aromatic N) is 1. The summed E-state index contributed by atoms with van der Waals surface area (Å²) in [6, 6.07) is 4.12. The van der Waals surface area contributed by atoms with Crippen molar-refractivity contribution in [1.82, 2.24) is 0 Å². The predicted octanol–water partition coefficient (Wildman–Crippen LogP) is 2.20. The van der Waals surface area contributed by atoms with Gasteiger partial charge < -0.3 is 10.4 Å². The van der Waals surface area contributed by atoms with E-state index in [1.807, 2.05) is 0 Å². The second-order valence-electron chi connectivity index (χ2n) is 4.66. The fourth-order valence-corrected chi connectivity index (χ4v) is 1.55. The first-order chi connectivity index (χ1) is 9.23. The van der Waals surface area contributed by atoms with Crippen molar-refractivity contribution in [3.05, 3.63) is 33.9 Å². The number of non-ortho nitro benzene ring substituents is 1. The highest BCUT2D eigenvalue weighted by atomic mass is 16.6. The molecule has 2 N–H and O–H groups in total. The van der Waals surface area contributed by atoms with Gasteiger partial charge in [0.1, 0.15) is 0 Å². The monoisotopic (exact) mass is 280 g/mol. The summed E-state index contributed by atoms with van der Waals surface area (Å²) < 4.78 is 0. The lowest BCUT2D eigenvalue weighted by atomic mass is 9.95. The number of rotatable bonds is 5. The smallest absolute Gasteiger partial charge is 0.307 e. The standard InChI is InChI=1S/C13H16N2O5/c1-7-4-5-10(15(19)20)6-11(7)14-12(16)8(2)9(3)13(17)18/h4-6,8-9H,1-3H3,(H,14,16)(H,17,18). The van der Waals surface area contributed by atoms with E-state index in [9.17, 15) is 19.7 Å². The van der Waals surface area contributed by atoms with Crippen molar-refractivity contribution in [2.75, 3.05) is 5.32 Å². The minimum absolute atomic E-state index is 0.134. The van der Waals surface area contributed by atoms with Gasteiger partial charge in [-0.1, -0.05) is 19.9 Å². The summed E-state index contributed by atoms with van der Waals surface area (Å²) in [6.45, 7) is 4.64. The number of nitro groups is 1. The lowest BCUT2D eigenvalue weighted by Gasteiger charge is -2.16. The number of anilines is 1. The summed E-state index contributed by atoms with van der Waals surface area (Å²) in [5.74, 6) is -3.13. The SMILES string of the molecule is Cc1ccc([N+](=O)[O-])cc1NC(=O)C(C)C(C)C(=O)O. The summed E-state index contributed by atoms with van der Waals surface area (Å²) in [5, 5.41) is 22.1. The molecule has 1 rings (SSSR count). The highest BCUT2D eigenvalue weighted by Crippen LogP contribution is 2.23. The minimum atomic E-state index is -1.07. The van der Waals surface area contributed by atoms with E-state index in [4.69, 9.17) is 5.11 Å². The zero-order chi connectivity index (χ0) is 15.4. The van der Waals surface area contributed by atoms with E-state index in [1.54, 1.807) is 6.92 Å². The number of hydrogen-bond acceptors (Lipinski definition) is 4. The zero-order valence-electron chi connectivity index (χ0n) is 11.4. The number of carboxylic acid groups (broad SMARTS) is 1. The van der Waals surface area contributed by atoms with Crippen LogP contribution in [-0.4, -0.2) is 21.9 Å². The van der Waals surface area contributed by atoms with Crippen molar-refractivity contribution in [2.45, 2.75) is 20.8 Å². The number of carbonyl (C=O) groups is 2. The van der Waals surface area contributed by atoms with Gasteiger partial charge in [-0.3, -0.25) is 19.7 Å². The quantitative estimate of drug-likeness (QED) is 0.634.